The van der Waals surface area contributed by atoms with Crippen molar-refractivity contribution in [3.63, 3.8) is 0 Å². The summed E-state index contributed by atoms with van der Waals surface area (Å²) in [6.45, 7) is 6.01. The van der Waals surface area contributed by atoms with Crippen LogP contribution in [-0.2, 0) is 0 Å². The normalized spacial score (nSPS) is 9.93. The SMILES string of the molecule is CC(C)N.Cc1ccc2ccccc2c1. The van der Waals surface area contributed by atoms with Crippen molar-refractivity contribution in [2.45, 2.75) is 26.8 Å². The third-order valence-corrected chi connectivity index (χ3v) is 1.90. The number of hydrogen-bond acceptors (Lipinski definition) is 1. The summed E-state index contributed by atoms with van der Waals surface area (Å²) >= 11 is 0. The predicted octanol–water partition coefficient (Wildman–Crippen LogP) is 3.50. The molecule has 0 radical (unpaired) electrons. The van der Waals surface area contributed by atoms with Gasteiger partial charge in [-0.05, 0) is 23.7 Å². The van der Waals surface area contributed by atoms with Crippen LogP contribution >= 0.6 is 0 Å². The zero-order chi connectivity index (χ0) is 11.3. The minimum atomic E-state index is 0.333. The van der Waals surface area contributed by atoms with Crippen LogP contribution < -0.4 is 5.73 Å². The minimum absolute atomic E-state index is 0.333. The maximum Gasteiger partial charge on any atom is -0.00179 e. The summed E-state index contributed by atoms with van der Waals surface area (Å²) in [7, 11) is 0. The number of rotatable bonds is 0. The fourth-order valence-electron chi connectivity index (χ4n) is 1.31. The Labute approximate surface area is 91.9 Å². The van der Waals surface area contributed by atoms with Crippen LogP contribution in [0.4, 0.5) is 0 Å². The zero-order valence-corrected chi connectivity index (χ0v) is 9.70. The monoisotopic (exact) mass is 201 g/mol. The first-order valence-corrected chi connectivity index (χ1v) is 5.30. The molecule has 0 atom stereocenters. The van der Waals surface area contributed by atoms with E-state index in [1.165, 1.54) is 16.3 Å². The second kappa shape index (κ2) is 5.52. The Morgan fingerprint density at radius 3 is 2.07 bits per heavy atom. The summed E-state index contributed by atoms with van der Waals surface area (Å²) in [5.41, 5.74) is 6.43. The molecular weight excluding hydrogens is 182 g/mol. The topological polar surface area (TPSA) is 26.0 Å². The van der Waals surface area contributed by atoms with Gasteiger partial charge in [0.2, 0.25) is 0 Å². The van der Waals surface area contributed by atoms with Crippen LogP contribution in [0.15, 0.2) is 42.5 Å². The fraction of sp³-hybridized carbons (Fsp3) is 0.286. The van der Waals surface area contributed by atoms with Gasteiger partial charge in [-0.25, -0.2) is 0 Å². The van der Waals surface area contributed by atoms with E-state index < -0.39 is 0 Å². The Bertz CT molecular complexity index is 416. The molecule has 0 aliphatic carbocycles. The fourth-order valence-corrected chi connectivity index (χ4v) is 1.31. The van der Waals surface area contributed by atoms with Crippen molar-refractivity contribution in [1.29, 1.82) is 0 Å². The Hall–Kier alpha value is -1.34. The Morgan fingerprint density at radius 1 is 0.933 bits per heavy atom. The van der Waals surface area contributed by atoms with Crippen molar-refractivity contribution in [1.82, 2.24) is 0 Å². The number of aryl methyl sites for hydroxylation is 1. The molecule has 1 heteroatoms. The molecule has 0 saturated carbocycles. The number of hydrogen-bond donors (Lipinski definition) is 1. The second-order valence-corrected chi connectivity index (χ2v) is 4.09. The van der Waals surface area contributed by atoms with Gasteiger partial charge in [0.05, 0.1) is 0 Å². The minimum Gasteiger partial charge on any atom is -0.328 e. The van der Waals surface area contributed by atoms with Crippen LogP contribution in [0.5, 0.6) is 0 Å². The van der Waals surface area contributed by atoms with Gasteiger partial charge in [0.15, 0.2) is 0 Å². The maximum atomic E-state index is 5.11. The number of nitrogens with two attached hydrogens (primary N) is 1. The van der Waals surface area contributed by atoms with Crippen LogP contribution in [0, 0.1) is 6.92 Å². The molecule has 0 aliphatic heterocycles. The Morgan fingerprint density at radius 2 is 1.47 bits per heavy atom. The average Bonchev–Trinajstić information content (AvgIpc) is 2.16. The van der Waals surface area contributed by atoms with Crippen LogP contribution in [0.1, 0.15) is 19.4 Å². The molecule has 0 unspecified atom stereocenters. The zero-order valence-electron chi connectivity index (χ0n) is 9.70. The highest BCUT2D eigenvalue weighted by molar-refractivity contribution is 5.82. The Balaban J connectivity index is 0.000000245. The number of benzene rings is 2. The molecule has 80 valence electrons. The standard InChI is InChI=1S/C11H10.C3H9N/c1-9-6-7-10-4-2-3-5-11(10)8-9;1-3(2)4/h2-8H,1H3;3H,4H2,1-2H3. The van der Waals surface area contributed by atoms with Gasteiger partial charge in [-0.15, -0.1) is 0 Å². The summed E-state index contributed by atoms with van der Waals surface area (Å²) in [5.74, 6) is 0. The van der Waals surface area contributed by atoms with Gasteiger partial charge >= 0.3 is 0 Å². The van der Waals surface area contributed by atoms with E-state index in [2.05, 4.69) is 49.4 Å². The summed E-state index contributed by atoms with van der Waals surface area (Å²) in [6.07, 6.45) is 0. The van der Waals surface area contributed by atoms with Gasteiger partial charge in [0, 0.05) is 0 Å². The lowest BCUT2D eigenvalue weighted by atomic mass is 10.1. The molecule has 0 amide bonds. The second-order valence-electron chi connectivity index (χ2n) is 4.09. The molecule has 0 bridgehead atoms. The molecule has 2 N–H and O–H groups in total. The van der Waals surface area contributed by atoms with Crippen molar-refractivity contribution in [2.75, 3.05) is 0 Å². The summed E-state index contributed by atoms with van der Waals surface area (Å²) in [4.78, 5) is 0. The lowest BCUT2D eigenvalue weighted by molar-refractivity contribution is 0.834. The van der Waals surface area contributed by atoms with Gasteiger partial charge in [-0.3, -0.25) is 0 Å². The van der Waals surface area contributed by atoms with E-state index >= 15 is 0 Å². The third kappa shape index (κ3) is 4.13. The highest BCUT2D eigenvalue weighted by Crippen LogP contribution is 2.14. The highest BCUT2D eigenvalue weighted by Gasteiger charge is 1.89. The van der Waals surface area contributed by atoms with Crippen molar-refractivity contribution in [3.05, 3.63) is 48.0 Å². The molecule has 0 spiro atoms. The molecular formula is C14H19N. The van der Waals surface area contributed by atoms with Gasteiger partial charge in [-0.1, -0.05) is 61.9 Å². The van der Waals surface area contributed by atoms with Gasteiger partial charge in [0.25, 0.3) is 0 Å². The smallest absolute Gasteiger partial charge is 0.00179 e. The third-order valence-electron chi connectivity index (χ3n) is 1.90. The molecule has 0 saturated heterocycles. The Kier molecular flexibility index (Phi) is 4.32. The van der Waals surface area contributed by atoms with E-state index in [0.717, 1.165) is 0 Å². The number of fused-ring (bicyclic) bond motifs is 1. The summed E-state index contributed by atoms with van der Waals surface area (Å²) in [5, 5.41) is 2.64. The van der Waals surface area contributed by atoms with Crippen LogP contribution in [0.2, 0.25) is 0 Å². The van der Waals surface area contributed by atoms with Crippen LogP contribution in [-0.4, -0.2) is 6.04 Å². The molecule has 15 heavy (non-hydrogen) atoms. The van der Waals surface area contributed by atoms with Crippen molar-refractivity contribution in [3.8, 4) is 0 Å². The molecule has 2 rings (SSSR count). The van der Waals surface area contributed by atoms with Crippen molar-refractivity contribution < 1.29 is 0 Å². The lowest BCUT2D eigenvalue weighted by Gasteiger charge is -1.96. The van der Waals surface area contributed by atoms with Crippen LogP contribution in [0.3, 0.4) is 0 Å². The summed E-state index contributed by atoms with van der Waals surface area (Å²) < 4.78 is 0. The maximum absolute atomic E-state index is 5.11. The largest absolute Gasteiger partial charge is 0.328 e. The average molecular weight is 201 g/mol. The van der Waals surface area contributed by atoms with E-state index in [1.54, 1.807) is 0 Å². The molecule has 0 aromatic heterocycles. The van der Waals surface area contributed by atoms with E-state index in [4.69, 9.17) is 5.73 Å². The molecule has 0 heterocycles. The van der Waals surface area contributed by atoms with Crippen molar-refractivity contribution >= 4 is 10.8 Å². The first kappa shape index (κ1) is 11.7. The highest BCUT2D eigenvalue weighted by atomic mass is 14.6. The summed E-state index contributed by atoms with van der Waals surface area (Å²) in [6, 6.07) is 15.2. The molecule has 0 fully saturated rings. The lowest BCUT2D eigenvalue weighted by Crippen LogP contribution is -2.06. The first-order valence-electron chi connectivity index (χ1n) is 5.30. The van der Waals surface area contributed by atoms with Gasteiger partial charge in [0.1, 0.15) is 0 Å². The van der Waals surface area contributed by atoms with E-state index in [0.29, 0.717) is 6.04 Å². The van der Waals surface area contributed by atoms with E-state index in [9.17, 15) is 0 Å². The molecule has 2 aromatic rings. The van der Waals surface area contributed by atoms with Gasteiger partial charge in [-0.2, -0.15) is 0 Å². The van der Waals surface area contributed by atoms with E-state index in [-0.39, 0.29) is 0 Å². The van der Waals surface area contributed by atoms with Crippen molar-refractivity contribution in [2.24, 2.45) is 5.73 Å². The molecule has 0 aliphatic rings. The van der Waals surface area contributed by atoms with Gasteiger partial charge < -0.3 is 5.73 Å². The predicted molar refractivity (Wildman–Crippen MR) is 68.0 cm³/mol. The first-order chi connectivity index (χ1) is 7.09. The van der Waals surface area contributed by atoms with Crippen LogP contribution in [0.25, 0.3) is 10.8 Å². The molecule has 1 nitrogen and oxygen atoms in total. The quantitative estimate of drug-likeness (QED) is 0.693. The molecule has 2 aromatic carbocycles. The van der Waals surface area contributed by atoms with E-state index in [1.807, 2.05) is 13.8 Å².